The van der Waals surface area contributed by atoms with Crippen molar-refractivity contribution in [3.05, 3.63) is 11.6 Å². The maximum Gasteiger partial charge on any atom is 0.192 e. The summed E-state index contributed by atoms with van der Waals surface area (Å²) in [6, 6.07) is 0. The van der Waals surface area contributed by atoms with Crippen LogP contribution in [0.4, 0.5) is 4.39 Å². The van der Waals surface area contributed by atoms with E-state index in [-0.39, 0.29) is 25.0 Å². The molecule has 6 nitrogen and oxygen atoms in total. The van der Waals surface area contributed by atoms with E-state index in [2.05, 4.69) is 0 Å². The van der Waals surface area contributed by atoms with Crippen LogP contribution in [0.5, 0.6) is 0 Å². The van der Waals surface area contributed by atoms with Gasteiger partial charge in [-0.05, 0) is 44.1 Å². The maximum atomic E-state index is 16.8. The highest BCUT2D eigenvalue weighted by atomic mass is 19.1. The minimum Gasteiger partial charge on any atom is -0.390 e. The molecule has 28 heavy (non-hydrogen) atoms. The van der Waals surface area contributed by atoms with Gasteiger partial charge in [-0.1, -0.05) is 19.4 Å². The highest BCUT2D eigenvalue weighted by Gasteiger charge is 2.76. The highest BCUT2D eigenvalue weighted by molar-refractivity contribution is 5.92. The van der Waals surface area contributed by atoms with Gasteiger partial charge in [-0.3, -0.25) is 9.59 Å². The van der Waals surface area contributed by atoms with Gasteiger partial charge in [-0.2, -0.15) is 0 Å². The molecule has 4 aliphatic rings. The molecule has 0 heterocycles. The van der Waals surface area contributed by atoms with Gasteiger partial charge in [0.25, 0.3) is 0 Å². The summed E-state index contributed by atoms with van der Waals surface area (Å²) in [7, 11) is 0. The van der Waals surface area contributed by atoms with Crippen LogP contribution in [-0.4, -0.2) is 62.1 Å². The summed E-state index contributed by atoms with van der Waals surface area (Å²) in [6.07, 6.45) is -0.0824. The molecule has 4 rings (SSSR count). The maximum absolute atomic E-state index is 16.8. The molecule has 0 bridgehead atoms. The van der Waals surface area contributed by atoms with Crippen molar-refractivity contribution in [1.82, 2.24) is 0 Å². The molecule has 0 amide bonds. The molecule has 0 saturated heterocycles. The zero-order chi connectivity index (χ0) is 20.7. The van der Waals surface area contributed by atoms with Crippen LogP contribution in [0.25, 0.3) is 0 Å². The molecule has 7 heteroatoms. The van der Waals surface area contributed by atoms with Gasteiger partial charge in [-0.15, -0.1) is 0 Å². The first-order valence-corrected chi connectivity index (χ1v) is 10.1. The van der Waals surface area contributed by atoms with Crippen LogP contribution >= 0.6 is 0 Å². The van der Waals surface area contributed by atoms with Crippen molar-refractivity contribution in [2.45, 2.75) is 75.9 Å². The number of allylic oxidation sites excluding steroid dienone is 1. The van der Waals surface area contributed by atoms with Crippen molar-refractivity contribution in [3.63, 3.8) is 0 Å². The van der Waals surface area contributed by atoms with E-state index in [1.807, 2.05) is 0 Å². The Hall–Kier alpha value is -1.15. The van der Waals surface area contributed by atoms with Crippen molar-refractivity contribution in [3.8, 4) is 0 Å². The quantitative estimate of drug-likeness (QED) is 0.550. The van der Waals surface area contributed by atoms with Crippen LogP contribution < -0.4 is 0 Å². The molecule has 3 saturated carbocycles. The van der Waals surface area contributed by atoms with Crippen molar-refractivity contribution in [2.75, 3.05) is 6.61 Å². The summed E-state index contributed by atoms with van der Waals surface area (Å²) in [4.78, 5) is 24.3. The first kappa shape index (κ1) is 20.1. The van der Waals surface area contributed by atoms with E-state index in [0.717, 1.165) is 5.57 Å². The van der Waals surface area contributed by atoms with Crippen LogP contribution in [0.3, 0.4) is 0 Å². The topological polar surface area (TPSA) is 115 Å². The number of fused-ring (bicyclic) bond motifs is 5. The number of hydrogen-bond donors (Lipinski definition) is 4. The van der Waals surface area contributed by atoms with Crippen LogP contribution in [-0.2, 0) is 9.59 Å². The lowest BCUT2D eigenvalue weighted by Gasteiger charge is -2.63. The second-order valence-electron chi connectivity index (χ2n) is 9.72. The Kier molecular flexibility index (Phi) is 4.27. The van der Waals surface area contributed by atoms with Crippen molar-refractivity contribution >= 4 is 11.6 Å². The Morgan fingerprint density at radius 2 is 1.89 bits per heavy atom. The lowest BCUT2D eigenvalue weighted by Crippen LogP contribution is -2.70. The Labute approximate surface area is 163 Å². The molecule has 0 aromatic carbocycles. The van der Waals surface area contributed by atoms with Gasteiger partial charge in [0, 0.05) is 23.2 Å². The Morgan fingerprint density at radius 1 is 1.21 bits per heavy atom. The largest absolute Gasteiger partial charge is 0.390 e. The van der Waals surface area contributed by atoms with E-state index in [0.29, 0.717) is 19.3 Å². The number of hydrogen-bond acceptors (Lipinski definition) is 6. The standard InChI is InChI=1S/C21H29FO6/c1-18-6-5-12(24)7-11(18)3-4-13-14-8-15(25)21(28,17(27)10-23)19(14,2)9-16(26)20(13,18)22/h7,13-16,23,25-26,28H,3-6,8-10H2,1-2H3/t13-,14+,15-,16+,18+,19+,20+,21+/m1/s1. The molecule has 0 aromatic rings. The Morgan fingerprint density at radius 3 is 2.54 bits per heavy atom. The van der Waals surface area contributed by atoms with Crippen molar-refractivity contribution in [2.24, 2.45) is 22.7 Å². The van der Waals surface area contributed by atoms with Gasteiger partial charge < -0.3 is 20.4 Å². The minimum absolute atomic E-state index is 0.0242. The lowest BCUT2D eigenvalue weighted by atomic mass is 9.44. The average molecular weight is 396 g/mol. The first-order chi connectivity index (χ1) is 13.0. The summed E-state index contributed by atoms with van der Waals surface area (Å²) in [5, 5.41) is 42.2. The molecule has 0 aromatic heterocycles. The first-order valence-electron chi connectivity index (χ1n) is 10.1. The molecule has 0 aliphatic heterocycles. The third-order valence-corrected chi connectivity index (χ3v) is 8.83. The SMILES string of the molecule is C[C@]12CCC(=O)C=C1CC[C@@H]1[C@@H]3C[C@@H](O)[C@](O)(C(=O)CO)[C@@]3(C)C[C@H](O)[C@@]12F. The van der Waals surface area contributed by atoms with Crippen molar-refractivity contribution in [1.29, 1.82) is 0 Å². The van der Waals surface area contributed by atoms with Gasteiger partial charge in [0.15, 0.2) is 17.2 Å². The molecule has 8 atom stereocenters. The van der Waals surface area contributed by atoms with Gasteiger partial charge in [0.05, 0.1) is 12.2 Å². The number of carbonyl (C=O) groups excluding carboxylic acids is 2. The monoisotopic (exact) mass is 396 g/mol. The smallest absolute Gasteiger partial charge is 0.192 e. The second kappa shape index (κ2) is 5.94. The number of rotatable bonds is 2. The molecule has 0 unspecified atom stereocenters. The summed E-state index contributed by atoms with van der Waals surface area (Å²) >= 11 is 0. The van der Waals surface area contributed by atoms with E-state index in [1.54, 1.807) is 13.8 Å². The fourth-order valence-electron chi connectivity index (χ4n) is 7.21. The fourth-order valence-corrected chi connectivity index (χ4v) is 7.21. The normalized spacial score (nSPS) is 53.1. The predicted molar refractivity (Wildman–Crippen MR) is 96.9 cm³/mol. The number of alkyl halides is 1. The molecular formula is C21H29FO6. The summed E-state index contributed by atoms with van der Waals surface area (Å²) in [5.41, 5.74) is -5.72. The Balaban J connectivity index is 1.83. The van der Waals surface area contributed by atoms with Crippen LogP contribution in [0.1, 0.15) is 52.4 Å². The van der Waals surface area contributed by atoms with E-state index in [4.69, 9.17) is 0 Å². The van der Waals surface area contributed by atoms with Crippen LogP contribution in [0, 0.1) is 22.7 Å². The second-order valence-corrected chi connectivity index (χ2v) is 9.72. The molecular weight excluding hydrogens is 367 g/mol. The lowest BCUT2D eigenvalue weighted by molar-refractivity contribution is -0.230. The Bertz CT molecular complexity index is 766. The van der Waals surface area contributed by atoms with Crippen LogP contribution in [0.2, 0.25) is 0 Å². The average Bonchev–Trinajstić information content (AvgIpc) is 2.84. The number of aliphatic hydroxyl groups excluding tert-OH is 3. The highest BCUT2D eigenvalue weighted by Crippen LogP contribution is 2.70. The van der Waals surface area contributed by atoms with E-state index in [1.165, 1.54) is 6.08 Å². The minimum atomic E-state index is -2.21. The summed E-state index contributed by atoms with van der Waals surface area (Å²) < 4.78 is 16.8. The zero-order valence-electron chi connectivity index (χ0n) is 16.3. The number of ketones is 2. The molecule has 156 valence electrons. The van der Waals surface area contributed by atoms with E-state index >= 15 is 4.39 Å². The molecule has 4 N–H and O–H groups in total. The zero-order valence-corrected chi connectivity index (χ0v) is 16.3. The van der Waals surface area contributed by atoms with E-state index in [9.17, 15) is 30.0 Å². The van der Waals surface area contributed by atoms with Crippen molar-refractivity contribution < 1.29 is 34.4 Å². The van der Waals surface area contributed by atoms with Gasteiger partial charge in [-0.25, -0.2) is 4.39 Å². The number of halogens is 1. The number of Topliss-reactive ketones (excluding diaryl/α,β-unsaturated/α-hetero) is 1. The number of carbonyl (C=O) groups is 2. The molecule has 0 spiro atoms. The third kappa shape index (κ3) is 2.06. The van der Waals surface area contributed by atoms with Crippen LogP contribution in [0.15, 0.2) is 11.6 Å². The van der Waals surface area contributed by atoms with Gasteiger partial charge in [0.1, 0.15) is 12.3 Å². The van der Waals surface area contributed by atoms with Gasteiger partial charge in [0.2, 0.25) is 0 Å². The fraction of sp³-hybridized carbons (Fsp3) is 0.810. The molecule has 3 fully saturated rings. The van der Waals surface area contributed by atoms with E-state index < -0.39 is 58.5 Å². The summed E-state index contributed by atoms with van der Waals surface area (Å²) in [5.74, 6) is -2.10. The summed E-state index contributed by atoms with van der Waals surface area (Å²) in [6.45, 7) is 2.45. The van der Waals surface area contributed by atoms with Gasteiger partial charge >= 0.3 is 0 Å². The molecule has 4 aliphatic carbocycles. The number of aliphatic hydroxyl groups is 4. The molecule has 0 radical (unpaired) electrons. The third-order valence-electron chi connectivity index (χ3n) is 8.83. The predicted octanol–water partition coefficient (Wildman–Crippen LogP) is 0.844.